The average molecular weight is 415 g/mol. The minimum atomic E-state index is -2.15. The Labute approximate surface area is 171 Å². The first-order valence-corrected chi connectivity index (χ1v) is 12.8. The summed E-state index contributed by atoms with van der Waals surface area (Å²) in [4.78, 5) is 38.4. The molecule has 2 aromatic carbocycles. The fraction of sp³-hybridized carbons (Fsp3) is 0.318. The van der Waals surface area contributed by atoms with Crippen molar-refractivity contribution in [2.24, 2.45) is 0 Å². The summed E-state index contributed by atoms with van der Waals surface area (Å²) < 4.78 is 15.2. The Morgan fingerprint density at radius 3 is 1.93 bits per heavy atom. The van der Waals surface area contributed by atoms with Gasteiger partial charge in [0.2, 0.25) is 0 Å². The van der Waals surface area contributed by atoms with Crippen LogP contribution in [0.3, 0.4) is 0 Å². The molecule has 0 fully saturated rings. The second kappa shape index (κ2) is 9.04. The zero-order valence-corrected chi connectivity index (χ0v) is 18.6. The van der Waals surface area contributed by atoms with E-state index in [-0.39, 0.29) is 17.7 Å². The highest BCUT2D eigenvalue weighted by molar-refractivity contribution is 6.89. The first-order valence-electron chi connectivity index (χ1n) is 9.28. The Hall–Kier alpha value is -2.93. The molecule has 0 bridgehead atoms. The number of carbonyl (C=O) groups is 3. The van der Waals surface area contributed by atoms with Gasteiger partial charge in [-0.2, -0.15) is 0 Å². The van der Waals surface area contributed by atoms with E-state index in [2.05, 4.69) is 19.6 Å². The predicted octanol–water partition coefficient (Wildman–Crippen LogP) is 3.65. The Morgan fingerprint density at radius 2 is 1.45 bits per heavy atom. The lowest BCUT2D eigenvalue weighted by molar-refractivity contribution is 0.0525. The Morgan fingerprint density at radius 1 is 0.862 bits per heavy atom. The summed E-state index contributed by atoms with van der Waals surface area (Å²) in [5, 5.41) is 0.711. The molecule has 2 aromatic rings. The van der Waals surface area contributed by atoms with Gasteiger partial charge in [0.15, 0.2) is 0 Å². The van der Waals surface area contributed by atoms with Gasteiger partial charge in [0.05, 0.1) is 45.6 Å². The van der Waals surface area contributed by atoms with Gasteiger partial charge in [-0.3, -0.25) is 0 Å². The van der Waals surface area contributed by atoms with E-state index in [9.17, 15) is 14.4 Å². The van der Waals surface area contributed by atoms with Gasteiger partial charge in [0, 0.05) is 5.56 Å². The third-order valence-electron chi connectivity index (χ3n) is 4.47. The van der Waals surface area contributed by atoms with Crippen LogP contribution in [0.5, 0.6) is 0 Å². The molecule has 0 unspecified atom stereocenters. The SMILES string of the molecule is CCOC(=O)c1c([Si](C)(C)C)cc(C(=O)OC)c(C(=O)OC)c1-c1ccccc1. The van der Waals surface area contributed by atoms with Crippen LogP contribution in [0.4, 0.5) is 0 Å². The van der Waals surface area contributed by atoms with Gasteiger partial charge in [-0.05, 0) is 23.7 Å². The molecule has 0 radical (unpaired) electrons. The van der Waals surface area contributed by atoms with Crippen molar-refractivity contribution in [2.45, 2.75) is 26.6 Å². The van der Waals surface area contributed by atoms with E-state index in [1.807, 2.05) is 6.07 Å². The van der Waals surface area contributed by atoms with Crippen LogP contribution >= 0.6 is 0 Å². The largest absolute Gasteiger partial charge is 0.465 e. The van der Waals surface area contributed by atoms with Gasteiger partial charge < -0.3 is 14.2 Å². The van der Waals surface area contributed by atoms with Crippen molar-refractivity contribution in [1.82, 2.24) is 0 Å². The van der Waals surface area contributed by atoms with Crippen LogP contribution in [0.25, 0.3) is 11.1 Å². The van der Waals surface area contributed by atoms with Gasteiger partial charge in [-0.1, -0.05) is 50.0 Å². The van der Waals surface area contributed by atoms with E-state index in [1.54, 1.807) is 37.3 Å². The second-order valence-electron chi connectivity index (χ2n) is 7.42. The lowest BCUT2D eigenvalue weighted by Gasteiger charge is -2.26. The van der Waals surface area contributed by atoms with Crippen LogP contribution in [0.15, 0.2) is 36.4 Å². The summed E-state index contributed by atoms with van der Waals surface area (Å²) in [5.74, 6) is -1.93. The summed E-state index contributed by atoms with van der Waals surface area (Å²) in [6.45, 7) is 8.07. The lowest BCUT2D eigenvalue weighted by Crippen LogP contribution is -2.43. The van der Waals surface area contributed by atoms with Crippen molar-refractivity contribution in [2.75, 3.05) is 20.8 Å². The van der Waals surface area contributed by atoms with Crippen molar-refractivity contribution in [3.05, 3.63) is 53.1 Å². The zero-order chi connectivity index (χ0) is 21.8. The van der Waals surface area contributed by atoms with Crippen molar-refractivity contribution in [3.8, 4) is 11.1 Å². The highest BCUT2D eigenvalue weighted by Gasteiger charge is 2.35. The molecule has 0 aliphatic rings. The zero-order valence-electron chi connectivity index (χ0n) is 17.6. The van der Waals surface area contributed by atoms with Gasteiger partial charge in [-0.15, -0.1) is 0 Å². The molecule has 0 aromatic heterocycles. The summed E-state index contributed by atoms with van der Waals surface area (Å²) in [6, 6.07) is 10.6. The van der Waals surface area contributed by atoms with Crippen LogP contribution < -0.4 is 5.19 Å². The Bertz CT molecular complexity index is 929. The van der Waals surface area contributed by atoms with Crippen LogP contribution in [-0.2, 0) is 14.2 Å². The molecule has 0 heterocycles. The monoisotopic (exact) mass is 414 g/mol. The molecule has 0 saturated heterocycles. The van der Waals surface area contributed by atoms with E-state index >= 15 is 0 Å². The molecule has 0 N–H and O–H groups in total. The molecule has 0 aliphatic carbocycles. The molecule has 0 amide bonds. The number of benzene rings is 2. The summed E-state index contributed by atoms with van der Waals surface area (Å²) in [6.07, 6.45) is 0. The molecule has 154 valence electrons. The van der Waals surface area contributed by atoms with Crippen molar-refractivity contribution in [1.29, 1.82) is 0 Å². The number of ether oxygens (including phenoxy) is 3. The van der Waals surface area contributed by atoms with E-state index in [4.69, 9.17) is 14.2 Å². The first kappa shape index (κ1) is 22.4. The smallest absolute Gasteiger partial charge is 0.339 e. The van der Waals surface area contributed by atoms with Crippen molar-refractivity contribution in [3.63, 3.8) is 0 Å². The van der Waals surface area contributed by atoms with E-state index in [1.165, 1.54) is 14.2 Å². The highest BCUT2D eigenvalue weighted by atomic mass is 28.3. The maximum Gasteiger partial charge on any atom is 0.339 e. The molecule has 29 heavy (non-hydrogen) atoms. The average Bonchev–Trinajstić information content (AvgIpc) is 2.71. The van der Waals surface area contributed by atoms with Gasteiger partial charge in [0.25, 0.3) is 0 Å². The minimum absolute atomic E-state index is 0.00407. The number of hydrogen-bond acceptors (Lipinski definition) is 6. The number of esters is 3. The lowest BCUT2D eigenvalue weighted by atomic mass is 9.90. The predicted molar refractivity (Wildman–Crippen MR) is 113 cm³/mol. The number of hydrogen-bond donors (Lipinski definition) is 0. The molecule has 0 saturated carbocycles. The Kier molecular flexibility index (Phi) is 6.97. The number of carbonyl (C=O) groups excluding carboxylic acids is 3. The normalized spacial score (nSPS) is 11.0. The van der Waals surface area contributed by atoms with Crippen molar-refractivity contribution < 1.29 is 28.6 Å². The third kappa shape index (κ3) is 4.56. The minimum Gasteiger partial charge on any atom is -0.465 e. The third-order valence-corrected chi connectivity index (χ3v) is 6.48. The summed E-state index contributed by atoms with van der Waals surface area (Å²) in [7, 11) is 0.327. The molecule has 0 spiro atoms. The molecular weight excluding hydrogens is 388 g/mol. The molecule has 0 atom stereocenters. The quantitative estimate of drug-likeness (QED) is 0.408. The summed E-state index contributed by atoms with van der Waals surface area (Å²) in [5.41, 5.74) is 1.31. The van der Waals surface area contributed by atoms with Crippen LogP contribution in [0, 0.1) is 0 Å². The Balaban J connectivity index is 3.13. The molecule has 6 nitrogen and oxygen atoms in total. The van der Waals surface area contributed by atoms with E-state index in [0.717, 1.165) is 0 Å². The standard InChI is InChI=1S/C22H26O6Si/c1-7-28-22(25)19-16(29(4,5)6)13-15(20(23)26-2)18(21(24)27-3)17(19)14-11-9-8-10-12-14/h8-13H,7H2,1-6H3. The van der Waals surface area contributed by atoms with Gasteiger partial charge in [0.1, 0.15) is 0 Å². The molecule has 2 rings (SSSR count). The van der Waals surface area contributed by atoms with Crippen LogP contribution in [0.1, 0.15) is 38.0 Å². The van der Waals surface area contributed by atoms with Crippen molar-refractivity contribution >= 4 is 31.2 Å². The van der Waals surface area contributed by atoms with E-state index in [0.29, 0.717) is 21.9 Å². The number of rotatable bonds is 6. The molecule has 7 heteroatoms. The topological polar surface area (TPSA) is 78.9 Å². The first-order chi connectivity index (χ1) is 13.7. The second-order valence-corrected chi connectivity index (χ2v) is 12.5. The maximum absolute atomic E-state index is 13.1. The maximum atomic E-state index is 13.1. The van der Waals surface area contributed by atoms with Crippen LogP contribution in [-0.4, -0.2) is 46.8 Å². The molecule has 0 aliphatic heterocycles. The number of methoxy groups -OCH3 is 2. The van der Waals surface area contributed by atoms with Crippen LogP contribution in [0.2, 0.25) is 19.6 Å². The van der Waals surface area contributed by atoms with Gasteiger partial charge in [-0.25, -0.2) is 14.4 Å². The fourth-order valence-corrected chi connectivity index (χ4v) is 4.72. The highest BCUT2D eigenvalue weighted by Crippen LogP contribution is 2.32. The summed E-state index contributed by atoms with van der Waals surface area (Å²) >= 11 is 0. The molecular formula is C22H26O6Si. The van der Waals surface area contributed by atoms with E-state index < -0.39 is 26.0 Å². The van der Waals surface area contributed by atoms with Gasteiger partial charge >= 0.3 is 17.9 Å². The fourth-order valence-electron chi connectivity index (χ4n) is 3.17.